The largest absolute Gasteiger partial charge is 0.356 e. The lowest BCUT2D eigenvalue weighted by Gasteiger charge is -2.26. The molecule has 0 bridgehead atoms. The highest BCUT2D eigenvalue weighted by Gasteiger charge is 2.29. The normalized spacial score (nSPS) is 23.2. The van der Waals surface area contributed by atoms with E-state index in [9.17, 15) is 14.9 Å². The van der Waals surface area contributed by atoms with Crippen LogP contribution in [0.2, 0.25) is 0 Å². The molecule has 6 heteroatoms. The van der Waals surface area contributed by atoms with Gasteiger partial charge in [0.05, 0.1) is 12.1 Å². The first-order chi connectivity index (χ1) is 11.5. The molecule has 0 aromatic rings. The van der Waals surface area contributed by atoms with Gasteiger partial charge in [0.1, 0.15) is 6.04 Å². The van der Waals surface area contributed by atoms with E-state index in [-0.39, 0.29) is 23.8 Å². The average Bonchev–Trinajstić information content (AvgIpc) is 3.36. The summed E-state index contributed by atoms with van der Waals surface area (Å²) < 4.78 is 0. The third-order valence-corrected chi connectivity index (χ3v) is 4.77. The molecule has 2 aliphatic rings. The van der Waals surface area contributed by atoms with Crippen LogP contribution in [0.4, 0.5) is 0 Å². The Bertz CT molecular complexity index is 482. The Hall–Kier alpha value is -1.61. The molecular weight excluding hydrogens is 304 g/mol. The molecule has 6 nitrogen and oxygen atoms in total. The monoisotopic (exact) mass is 334 g/mol. The molecule has 0 spiro atoms. The molecule has 24 heavy (non-hydrogen) atoms. The van der Waals surface area contributed by atoms with Crippen LogP contribution in [0, 0.1) is 29.1 Å². The van der Waals surface area contributed by atoms with Crippen molar-refractivity contribution in [2.24, 2.45) is 17.8 Å². The lowest BCUT2D eigenvalue weighted by molar-refractivity contribution is -0.128. The first-order valence-corrected chi connectivity index (χ1v) is 9.20. The molecule has 2 rings (SSSR count). The number of rotatable bonds is 9. The molecule has 3 N–H and O–H groups in total. The number of hydrogen-bond donors (Lipinski definition) is 3. The van der Waals surface area contributed by atoms with E-state index in [0.717, 1.165) is 25.8 Å². The molecular formula is C18H30N4O2. The van der Waals surface area contributed by atoms with Gasteiger partial charge in [-0.25, -0.2) is 0 Å². The lowest BCUT2D eigenvalue weighted by atomic mass is 9.91. The lowest BCUT2D eigenvalue weighted by Crippen LogP contribution is -2.49. The van der Waals surface area contributed by atoms with E-state index < -0.39 is 6.04 Å². The highest BCUT2D eigenvalue weighted by atomic mass is 16.2. The molecule has 1 heterocycles. The zero-order valence-corrected chi connectivity index (χ0v) is 14.8. The minimum absolute atomic E-state index is 0.00124. The second-order valence-corrected chi connectivity index (χ2v) is 7.59. The first-order valence-electron chi connectivity index (χ1n) is 9.20. The molecule has 1 aliphatic carbocycles. The van der Waals surface area contributed by atoms with Gasteiger partial charge in [-0.2, -0.15) is 5.26 Å². The zero-order valence-electron chi connectivity index (χ0n) is 14.8. The van der Waals surface area contributed by atoms with Gasteiger partial charge in [-0.05, 0) is 56.9 Å². The van der Waals surface area contributed by atoms with Crippen molar-refractivity contribution in [3.8, 4) is 6.07 Å². The maximum Gasteiger partial charge on any atom is 0.238 e. The summed E-state index contributed by atoms with van der Waals surface area (Å²) in [7, 11) is 0. The fourth-order valence-corrected chi connectivity index (χ4v) is 3.15. The van der Waals surface area contributed by atoms with E-state index in [1.165, 1.54) is 12.8 Å². The van der Waals surface area contributed by atoms with E-state index >= 15 is 0 Å². The Morgan fingerprint density at radius 3 is 2.71 bits per heavy atom. The van der Waals surface area contributed by atoms with Crippen molar-refractivity contribution in [3.63, 3.8) is 0 Å². The summed E-state index contributed by atoms with van der Waals surface area (Å²) in [5.74, 6) is 0.808. The van der Waals surface area contributed by atoms with Crippen molar-refractivity contribution in [3.05, 3.63) is 0 Å². The van der Waals surface area contributed by atoms with Gasteiger partial charge in [0.25, 0.3) is 0 Å². The van der Waals surface area contributed by atoms with E-state index in [0.29, 0.717) is 24.8 Å². The minimum Gasteiger partial charge on any atom is -0.356 e. The van der Waals surface area contributed by atoms with Gasteiger partial charge in [0.15, 0.2) is 0 Å². The summed E-state index contributed by atoms with van der Waals surface area (Å²) in [6.45, 7) is 5.76. The van der Waals surface area contributed by atoms with Gasteiger partial charge in [-0.1, -0.05) is 13.8 Å². The molecule has 1 saturated heterocycles. The fraction of sp³-hybridized carbons (Fsp3) is 0.833. The minimum atomic E-state index is -0.608. The quantitative estimate of drug-likeness (QED) is 0.593. The first kappa shape index (κ1) is 18.7. The molecule has 2 amide bonds. The van der Waals surface area contributed by atoms with Crippen molar-refractivity contribution in [1.82, 2.24) is 16.0 Å². The molecule has 3 atom stereocenters. The molecule has 1 saturated carbocycles. The second-order valence-electron chi connectivity index (χ2n) is 7.59. The van der Waals surface area contributed by atoms with Crippen LogP contribution < -0.4 is 16.0 Å². The Morgan fingerprint density at radius 2 is 2.12 bits per heavy atom. The number of piperidine rings is 1. The van der Waals surface area contributed by atoms with Crippen LogP contribution in [0.5, 0.6) is 0 Å². The predicted octanol–water partition coefficient (Wildman–Crippen LogP) is 1.33. The molecule has 1 aliphatic heterocycles. The van der Waals surface area contributed by atoms with Crippen LogP contribution in [0.3, 0.4) is 0 Å². The van der Waals surface area contributed by atoms with Crippen molar-refractivity contribution in [2.45, 2.75) is 64.5 Å². The topological polar surface area (TPSA) is 94.0 Å². The summed E-state index contributed by atoms with van der Waals surface area (Å²) in [5, 5.41) is 18.4. The van der Waals surface area contributed by atoms with E-state index in [4.69, 9.17) is 0 Å². The summed E-state index contributed by atoms with van der Waals surface area (Å²) >= 11 is 0. The fourth-order valence-electron chi connectivity index (χ4n) is 3.15. The second kappa shape index (κ2) is 9.03. The summed E-state index contributed by atoms with van der Waals surface area (Å²) in [6.07, 6.45) is 5.34. The molecule has 0 aromatic carbocycles. The van der Waals surface area contributed by atoms with Crippen LogP contribution in [-0.2, 0) is 9.59 Å². The number of nitrogens with zero attached hydrogens (tertiary/aromatic N) is 1. The number of nitriles is 1. The Kier molecular flexibility index (Phi) is 7.04. The molecule has 134 valence electrons. The van der Waals surface area contributed by atoms with Crippen LogP contribution >= 0.6 is 0 Å². The smallest absolute Gasteiger partial charge is 0.238 e. The zero-order chi connectivity index (χ0) is 17.5. The predicted molar refractivity (Wildman–Crippen MR) is 91.9 cm³/mol. The van der Waals surface area contributed by atoms with Gasteiger partial charge in [0.2, 0.25) is 11.8 Å². The van der Waals surface area contributed by atoms with Crippen LogP contribution in [0.15, 0.2) is 0 Å². The van der Waals surface area contributed by atoms with Gasteiger partial charge in [-0.15, -0.1) is 0 Å². The molecule has 0 unspecified atom stereocenters. The number of carbonyl (C=O) groups is 2. The number of carbonyl (C=O) groups excluding carboxylic acids is 2. The standard InChI is InChI=1S/C18H30N4O2/c1-12(2)8-16(21-11-13-5-6-13)18(24)22-15(10-19)9-14-4-3-7-20-17(14)23/h12-16,21H,3-9,11H2,1-2H3,(H,20,23)(H,22,24)/t14-,15-,16-/m0/s1. The van der Waals surface area contributed by atoms with E-state index in [2.05, 4.69) is 35.9 Å². The Morgan fingerprint density at radius 1 is 1.38 bits per heavy atom. The van der Waals surface area contributed by atoms with Crippen molar-refractivity contribution in [2.75, 3.05) is 13.1 Å². The average molecular weight is 334 g/mol. The van der Waals surface area contributed by atoms with Gasteiger partial charge >= 0.3 is 0 Å². The van der Waals surface area contributed by atoms with Crippen LogP contribution in [0.1, 0.15) is 52.4 Å². The van der Waals surface area contributed by atoms with E-state index in [1.54, 1.807) is 0 Å². The van der Waals surface area contributed by atoms with Crippen molar-refractivity contribution in [1.29, 1.82) is 5.26 Å². The molecule has 0 aromatic heterocycles. The van der Waals surface area contributed by atoms with Gasteiger partial charge in [-0.3, -0.25) is 9.59 Å². The van der Waals surface area contributed by atoms with Crippen molar-refractivity contribution >= 4 is 11.8 Å². The van der Waals surface area contributed by atoms with Gasteiger partial charge < -0.3 is 16.0 Å². The Labute approximate surface area is 144 Å². The number of nitrogens with one attached hydrogen (secondary N) is 3. The third-order valence-electron chi connectivity index (χ3n) is 4.77. The summed E-state index contributed by atoms with van der Waals surface area (Å²) in [4.78, 5) is 24.4. The van der Waals surface area contributed by atoms with Crippen LogP contribution in [0.25, 0.3) is 0 Å². The van der Waals surface area contributed by atoms with E-state index in [1.807, 2.05) is 0 Å². The number of amides is 2. The maximum absolute atomic E-state index is 12.6. The summed E-state index contributed by atoms with van der Waals surface area (Å²) in [5.41, 5.74) is 0. The SMILES string of the molecule is CC(C)C[C@H](NCC1CC1)C(=O)N[C@H](C#N)C[C@@H]1CCCNC1=O. The maximum atomic E-state index is 12.6. The molecule has 0 radical (unpaired) electrons. The van der Waals surface area contributed by atoms with Crippen molar-refractivity contribution < 1.29 is 9.59 Å². The highest BCUT2D eigenvalue weighted by molar-refractivity contribution is 5.83. The third kappa shape index (κ3) is 6.12. The van der Waals surface area contributed by atoms with Gasteiger partial charge in [0, 0.05) is 12.5 Å². The highest BCUT2D eigenvalue weighted by Crippen LogP contribution is 2.28. The Balaban J connectivity index is 1.86. The molecule has 2 fully saturated rings. The summed E-state index contributed by atoms with van der Waals surface area (Å²) in [6, 6.07) is 1.28. The number of hydrogen-bond acceptors (Lipinski definition) is 4. The van der Waals surface area contributed by atoms with Crippen LogP contribution in [-0.4, -0.2) is 37.0 Å².